The first-order chi connectivity index (χ1) is 34.6. The van der Waals surface area contributed by atoms with Crippen molar-refractivity contribution in [2.75, 3.05) is 33.0 Å². The zero-order valence-corrected chi connectivity index (χ0v) is 43.7. The van der Waals surface area contributed by atoms with Gasteiger partial charge in [-0.1, -0.05) is 164 Å². The molecular formula is C57H98O14. The van der Waals surface area contributed by atoms with Crippen molar-refractivity contribution in [2.24, 2.45) is 0 Å². The second-order valence-electron chi connectivity index (χ2n) is 19.0. The number of ether oxygens (including phenoxy) is 6. The molecule has 2 heterocycles. The molecule has 2 fully saturated rings. The number of hydrogen-bond donors (Lipinski definition) is 7. The molecule has 0 bridgehead atoms. The van der Waals surface area contributed by atoms with Crippen molar-refractivity contribution in [3.05, 3.63) is 72.9 Å². The topological polar surface area (TPSA) is 214 Å². The average Bonchev–Trinajstić information content (AvgIpc) is 3.37. The van der Waals surface area contributed by atoms with Gasteiger partial charge in [0.1, 0.15) is 54.9 Å². The zero-order valence-electron chi connectivity index (χ0n) is 43.7. The van der Waals surface area contributed by atoms with Gasteiger partial charge in [0.25, 0.3) is 0 Å². The summed E-state index contributed by atoms with van der Waals surface area (Å²) in [6.45, 7) is 3.51. The Kier molecular flexibility index (Phi) is 39.8. The first kappa shape index (κ1) is 64.5. The molecule has 0 aliphatic carbocycles. The summed E-state index contributed by atoms with van der Waals surface area (Å²) in [5, 5.41) is 72.2. The Morgan fingerprint density at radius 3 is 1.44 bits per heavy atom. The van der Waals surface area contributed by atoms with Gasteiger partial charge >= 0.3 is 5.97 Å². The summed E-state index contributed by atoms with van der Waals surface area (Å²) in [7, 11) is 0. The smallest absolute Gasteiger partial charge is 0.306 e. The van der Waals surface area contributed by atoms with E-state index in [1.54, 1.807) is 0 Å². The lowest BCUT2D eigenvalue weighted by Crippen LogP contribution is -2.61. The second kappa shape index (κ2) is 43.8. The molecule has 0 radical (unpaired) electrons. The Labute approximate surface area is 427 Å². The van der Waals surface area contributed by atoms with Crippen molar-refractivity contribution in [1.82, 2.24) is 0 Å². The van der Waals surface area contributed by atoms with E-state index in [1.165, 1.54) is 57.8 Å². The minimum atomic E-state index is -1.71. The maximum absolute atomic E-state index is 13.0. The summed E-state index contributed by atoms with van der Waals surface area (Å²) in [6, 6.07) is 0. The zero-order chi connectivity index (χ0) is 51.6. The number of carbonyl (C=O) groups excluding carboxylic acids is 1. The van der Waals surface area contributed by atoms with Crippen LogP contribution in [0.4, 0.5) is 0 Å². The van der Waals surface area contributed by atoms with Gasteiger partial charge in [-0.05, 0) is 83.5 Å². The standard InChI is InChI=1S/C57H98O14/c1-3-5-7-9-11-13-15-17-19-20-21-22-23-24-25-27-29-31-33-35-37-39-41-66-43-46(69-49(59)40-38-36-34-32-30-28-26-18-16-14-12-10-8-6-4-2)44-67-56-55(65)53(63)51(61)48(71-56)45-68-57-54(64)52(62)50(60)47(42-58)70-57/h5,7,11-14,17-19,21-22,26,46-48,50-58,60-65H,3-4,6,8-10,15-16,20,23-25,27-45H2,1-2H3/b7-5-,13-11-,14-12-,19-17-,22-21-,26-18-. The van der Waals surface area contributed by atoms with Gasteiger partial charge < -0.3 is 64.2 Å². The molecule has 0 amide bonds. The number of allylic oxidation sites excluding steroid dienone is 12. The molecule has 0 aromatic heterocycles. The Morgan fingerprint density at radius 1 is 0.479 bits per heavy atom. The lowest BCUT2D eigenvalue weighted by molar-refractivity contribution is -0.332. The van der Waals surface area contributed by atoms with Gasteiger partial charge in [0.15, 0.2) is 12.6 Å². The van der Waals surface area contributed by atoms with Crippen LogP contribution in [0.15, 0.2) is 72.9 Å². The number of aliphatic hydroxyl groups excluding tert-OH is 7. The molecule has 410 valence electrons. The van der Waals surface area contributed by atoms with Crippen LogP contribution in [0.2, 0.25) is 0 Å². The molecule has 7 N–H and O–H groups in total. The molecule has 0 aromatic carbocycles. The van der Waals surface area contributed by atoms with Crippen LogP contribution in [-0.2, 0) is 33.2 Å². The van der Waals surface area contributed by atoms with Gasteiger partial charge in [-0.3, -0.25) is 4.79 Å². The highest BCUT2D eigenvalue weighted by Crippen LogP contribution is 2.26. The van der Waals surface area contributed by atoms with Gasteiger partial charge in [-0.15, -0.1) is 0 Å². The van der Waals surface area contributed by atoms with Crippen molar-refractivity contribution >= 4 is 5.97 Å². The van der Waals surface area contributed by atoms with E-state index in [2.05, 4.69) is 86.8 Å². The number of aliphatic hydroxyl groups is 7. The van der Waals surface area contributed by atoms with E-state index in [-0.39, 0.29) is 19.6 Å². The molecule has 0 spiro atoms. The number of unbranched alkanes of at least 4 members (excludes halogenated alkanes) is 17. The first-order valence-corrected chi connectivity index (χ1v) is 27.5. The van der Waals surface area contributed by atoms with Crippen molar-refractivity contribution in [2.45, 2.75) is 248 Å². The molecule has 71 heavy (non-hydrogen) atoms. The maximum Gasteiger partial charge on any atom is 0.306 e. The van der Waals surface area contributed by atoms with Crippen molar-refractivity contribution in [3.8, 4) is 0 Å². The average molecular weight is 1010 g/mol. The molecule has 0 aromatic rings. The van der Waals surface area contributed by atoms with Crippen LogP contribution < -0.4 is 0 Å². The van der Waals surface area contributed by atoms with Crippen LogP contribution in [0.5, 0.6) is 0 Å². The highest BCUT2D eigenvalue weighted by molar-refractivity contribution is 5.69. The van der Waals surface area contributed by atoms with Crippen LogP contribution in [0.3, 0.4) is 0 Å². The normalized spacial score (nSPS) is 25.9. The second-order valence-corrected chi connectivity index (χ2v) is 19.0. The van der Waals surface area contributed by atoms with E-state index in [1.807, 2.05) is 0 Å². The van der Waals surface area contributed by atoms with Gasteiger partial charge in [0.2, 0.25) is 0 Å². The molecule has 2 saturated heterocycles. The predicted molar refractivity (Wildman–Crippen MR) is 279 cm³/mol. The molecular weight excluding hydrogens is 909 g/mol. The minimum absolute atomic E-state index is 0.0481. The van der Waals surface area contributed by atoms with E-state index < -0.39 is 86.7 Å². The highest BCUT2D eigenvalue weighted by atomic mass is 16.7. The molecule has 0 saturated carbocycles. The lowest BCUT2D eigenvalue weighted by Gasteiger charge is -2.42. The fourth-order valence-electron chi connectivity index (χ4n) is 8.25. The molecule has 11 unspecified atom stereocenters. The van der Waals surface area contributed by atoms with E-state index in [0.717, 1.165) is 96.3 Å². The Hall–Kier alpha value is -2.57. The van der Waals surface area contributed by atoms with Crippen molar-refractivity contribution < 1.29 is 69.0 Å². The summed E-state index contributed by atoms with van der Waals surface area (Å²) < 4.78 is 34.3. The number of carbonyl (C=O) groups is 1. The molecule has 14 heteroatoms. The Bertz CT molecular complexity index is 1450. The van der Waals surface area contributed by atoms with Gasteiger partial charge in [0.05, 0.1) is 26.4 Å². The summed E-state index contributed by atoms with van der Waals surface area (Å²) in [6.07, 6.45) is 38.1. The number of rotatable bonds is 43. The quantitative estimate of drug-likeness (QED) is 0.0173. The fraction of sp³-hybridized carbons (Fsp3) is 0.772. The van der Waals surface area contributed by atoms with E-state index in [0.29, 0.717) is 13.0 Å². The van der Waals surface area contributed by atoms with Crippen LogP contribution in [0.1, 0.15) is 181 Å². The van der Waals surface area contributed by atoms with Crippen LogP contribution in [0.25, 0.3) is 0 Å². The highest BCUT2D eigenvalue weighted by Gasteiger charge is 2.47. The fourth-order valence-corrected chi connectivity index (χ4v) is 8.25. The third-order valence-electron chi connectivity index (χ3n) is 12.7. The van der Waals surface area contributed by atoms with Crippen LogP contribution in [-0.4, -0.2) is 142 Å². The number of hydrogen-bond acceptors (Lipinski definition) is 14. The Balaban J connectivity index is 1.74. The van der Waals surface area contributed by atoms with Crippen LogP contribution in [0, 0.1) is 0 Å². The summed E-state index contributed by atoms with van der Waals surface area (Å²) >= 11 is 0. The van der Waals surface area contributed by atoms with E-state index in [4.69, 9.17) is 28.4 Å². The van der Waals surface area contributed by atoms with Crippen molar-refractivity contribution in [3.63, 3.8) is 0 Å². The summed E-state index contributed by atoms with van der Waals surface area (Å²) in [4.78, 5) is 13.0. The van der Waals surface area contributed by atoms with E-state index in [9.17, 15) is 40.5 Å². The van der Waals surface area contributed by atoms with Crippen molar-refractivity contribution in [1.29, 1.82) is 0 Å². The SMILES string of the molecule is CC/C=C\C/C=C\C/C=C\C/C=C\CCCCCCCCCCCOCC(COC1OC(COC2OC(CO)C(O)C(O)C2O)C(O)C(O)C1O)OC(=O)CCCCCCC/C=C\C/C=C\CCCCC. The predicted octanol–water partition coefficient (Wildman–Crippen LogP) is 9.08. The third kappa shape index (κ3) is 31.0. The molecule has 2 aliphatic rings. The molecule has 2 aliphatic heterocycles. The molecule has 2 rings (SSSR count). The van der Waals surface area contributed by atoms with Crippen LogP contribution >= 0.6 is 0 Å². The van der Waals surface area contributed by atoms with Gasteiger partial charge in [0, 0.05) is 13.0 Å². The van der Waals surface area contributed by atoms with Gasteiger partial charge in [-0.25, -0.2) is 0 Å². The summed E-state index contributed by atoms with van der Waals surface area (Å²) in [5.41, 5.74) is 0. The Morgan fingerprint density at radius 2 is 0.915 bits per heavy atom. The largest absolute Gasteiger partial charge is 0.457 e. The monoisotopic (exact) mass is 1010 g/mol. The van der Waals surface area contributed by atoms with E-state index >= 15 is 0 Å². The maximum atomic E-state index is 13.0. The molecule has 14 nitrogen and oxygen atoms in total. The van der Waals surface area contributed by atoms with Gasteiger partial charge in [-0.2, -0.15) is 0 Å². The number of esters is 1. The first-order valence-electron chi connectivity index (χ1n) is 27.5. The lowest BCUT2D eigenvalue weighted by atomic mass is 9.98. The molecule has 11 atom stereocenters. The third-order valence-corrected chi connectivity index (χ3v) is 12.7. The minimum Gasteiger partial charge on any atom is -0.457 e. The summed E-state index contributed by atoms with van der Waals surface area (Å²) in [5.74, 6) is -0.394.